The number of rotatable bonds is 6. The molecule has 2 N–H and O–H groups in total. The topological polar surface area (TPSA) is 32.3 Å². The Kier molecular flexibility index (Phi) is 6.32. The predicted molar refractivity (Wildman–Crippen MR) is 115 cm³/mol. The van der Waals surface area contributed by atoms with Crippen molar-refractivity contribution in [1.82, 2.24) is 3.80 Å². The van der Waals surface area contributed by atoms with Gasteiger partial charge in [-0.15, -0.1) is 0 Å². The molecule has 1 aromatic rings. The summed E-state index contributed by atoms with van der Waals surface area (Å²) in [5.41, 5.74) is 0.218. The van der Waals surface area contributed by atoms with E-state index in [-0.39, 0.29) is 16.4 Å². The van der Waals surface area contributed by atoms with Crippen LogP contribution in [0.15, 0.2) is 30.3 Å². The van der Waals surface area contributed by atoms with Crippen LogP contribution in [-0.2, 0) is 12.7 Å². The first-order chi connectivity index (χ1) is 11.3. The van der Waals surface area contributed by atoms with Gasteiger partial charge in [-0.3, -0.25) is 0 Å². The van der Waals surface area contributed by atoms with Crippen molar-refractivity contribution in [2.24, 2.45) is 0 Å². The first-order valence-electron chi connectivity index (χ1n) is 9.10. The van der Waals surface area contributed by atoms with Crippen LogP contribution in [0.3, 0.4) is 0 Å². The Morgan fingerprint density at radius 2 is 1.84 bits per heavy atom. The molecule has 2 unspecified atom stereocenters. The van der Waals surface area contributed by atoms with Crippen molar-refractivity contribution in [3.8, 4) is 0 Å². The van der Waals surface area contributed by atoms with Crippen molar-refractivity contribution in [3.05, 3.63) is 41.5 Å². The zero-order valence-corrected chi connectivity index (χ0v) is 21.5. The number of hydrogen-bond donors (Lipinski definition) is 2. The van der Waals surface area contributed by atoms with E-state index in [0.29, 0.717) is 0 Å². The van der Waals surface area contributed by atoms with Gasteiger partial charge in [0.2, 0.25) is 0 Å². The summed E-state index contributed by atoms with van der Waals surface area (Å²) in [4.78, 5) is 0. The second-order valence-corrected chi connectivity index (χ2v) is 48.9. The van der Waals surface area contributed by atoms with Crippen LogP contribution in [0.4, 0.5) is 0 Å². The molecule has 0 aromatic heterocycles. The fourth-order valence-corrected chi connectivity index (χ4v) is 67.8. The van der Waals surface area contributed by atoms with Crippen LogP contribution in [0.2, 0.25) is 25.7 Å². The molecule has 0 saturated carbocycles. The van der Waals surface area contributed by atoms with Gasteiger partial charge < -0.3 is 0 Å². The minimum absolute atomic E-state index is 0.0638. The molecule has 2 nitrogen and oxygen atoms in total. The fourth-order valence-electron chi connectivity index (χ4n) is 4.23. The molecule has 0 saturated heterocycles. The molecule has 2 atom stereocenters. The van der Waals surface area contributed by atoms with Gasteiger partial charge in [0.15, 0.2) is 0 Å². The molecule has 0 heterocycles. The number of hydrogen-bond acceptors (Lipinski definition) is 2. The zero-order valence-electron chi connectivity index (χ0n) is 16.2. The summed E-state index contributed by atoms with van der Waals surface area (Å²) in [5.74, 6) is 0. The Hall–Kier alpha value is 0.608. The maximum atomic E-state index is 9.89. The summed E-state index contributed by atoms with van der Waals surface area (Å²) in [6.07, 6.45) is 4.41. The van der Waals surface area contributed by atoms with Gasteiger partial charge in [-0.2, -0.15) is 0 Å². The first-order valence-corrected chi connectivity index (χ1v) is 24.2. The molecule has 0 radical (unpaired) electrons. The van der Waals surface area contributed by atoms with Crippen molar-refractivity contribution in [2.75, 3.05) is 6.61 Å². The van der Waals surface area contributed by atoms with Crippen LogP contribution in [0, 0.1) is 0 Å². The molecule has 0 spiro atoms. The summed E-state index contributed by atoms with van der Waals surface area (Å²) < 4.78 is 3.92. The van der Waals surface area contributed by atoms with Crippen LogP contribution in [0.1, 0.15) is 36.1 Å². The van der Waals surface area contributed by atoms with Gasteiger partial charge in [-0.05, 0) is 0 Å². The molecule has 0 fully saturated rings. The summed E-state index contributed by atoms with van der Waals surface area (Å²) in [6.45, 7) is 13.7. The second-order valence-electron chi connectivity index (χ2n) is 8.97. The van der Waals surface area contributed by atoms with E-state index in [9.17, 15) is 5.11 Å². The maximum absolute atomic E-state index is 9.89. The van der Waals surface area contributed by atoms with E-state index in [2.05, 4.69) is 80.6 Å². The Morgan fingerprint density at radius 3 is 2.36 bits per heavy atom. The third-order valence-corrected chi connectivity index (χ3v) is 70.9. The van der Waals surface area contributed by atoms with E-state index in [1.54, 1.807) is 0 Å². The Morgan fingerprint density at radius 1 is 1.24 bits per heavy atom. The summed E-state index contributed by atoms with van der Waals surface area (Å²) in [7, 11) is 14.4. The predicted octanol–water partition coefficient (Wildman–Crippen LogP) is 5.19. The van der Waals surface area contributed by atoms with E-state index in [0.717, 1.165) is 6.04 Å². The van der Waals surface area contributed by atoms with Gasteiger partial charge in [0, 0.05) is 0 Å². The average Bonchev–Trinajstić information content (AvgIpc) is 2.90. The van der Waals surface area contributed by atoms with Crippen molar-refractivity contribution >= 4 is 38.5 Å². The Labute approximate surface area is 163 Å². The second kappa shape index (κ2) is 7.21. The van der Waals surface area contributed by atoms with Gasteiger partial charge >= 0.3 is 164 Å². The summed E-state index contributed by atoms with van der Waals surface area (Å²) >= 11 is -4.29. The van der Waals surface area contributed by atoms with E-state index < -0.39 is 26.5 Å². The Bertz CT molecular complexity index is 675. The average molecular weight is 453 g/mol. The molecule has 1 aliphatic carbocycles. The monoisotopic (exact) mass is 452 g/mol. The third-order valence-electron chi connectivity index (χ3n) is 5.90. The van der Waals surface area contributed by atoms with Crippen molar-refractivity contribution in [2.45, 2.75) is 56.2 Å². The molecular formula is C18H32Cl2NOSi2Ti. The first kappa shape index (κ1) is 21.9. The zero-order chi connectivity index (χ0) is 19.1. The van der Waals surface area contributed by atoms with E-state index in [4.69, 9.17) is 18.6 Å². The van der Waals surface area contributed by atoms with Crippen molar-refractivity contribution in [3.63, 3.8) is 0 Å². The molecule has 25 heavy (non-hydrogen) atoms. The van der Waals surface area contributed by atoms with Gasteiger partial charge in [-0.25, -0.2) is 0 Å². The van der Waals surface area contributed by atoms with E-state index >= 15 is 0 Å². The van der Waals surface area contributed by atoms with Crippen LogP contribution < -0.4 is 3.80 Å². The fraction of sp³-hybridized carbons (Fsp3) is 0.556. The van der Waals surface area contributed by atoms with Gasteiger partial charge in [0.1, 0.15) is 0 Å². The SMILES string of the molecule is C[SiH](C)[Si](C)(CCO)[Ti]([Cl])([Cl])([NH]C(C)(C)C)[CH]1C=Cc2ccccc21. The standard InChI is InChI=1S/C9H7.C5H15OSi2.C4H10N.2ClH.Ti/c1-2-5-9-7-3-6-8(9)4-1;1-7(2)8(3)5-4-6;1-4(2,3)5;;;/h1-7H;6-7H,4-5H2,1-3H3;5H,1-3H3;2*1H;/q;;-1;;;+3/p-2. The summed E-state index contributed by atoms with van der Waals surface area (Å²) in [6, 6.07) is 9.24. The molecular weight excluding hydrogens is 421 g/mol. The van der Waals surface area contributed by atoms with E-state index in [1.807, 2.05) is 0 Å². The number of nitrogens with one attached hydrogen (secondary N) is 1. The van der Waals surface area contributed by atoms with Crippen molar-refractivity contribution in [1.29, 1.82) is 0 Å². The van der Waals surface area contributed by atoms with Gasteiger partial charge in [0.05, 0.1) is 0 Å². The van der Waals surface area contributed by atoms with Crippen molar-refractivity contribution < 1.29 is 17.8 Å². The number of aliphatic hydroxyl groups is 1. The quantitative estimate of drug-likeness (QED) is 0.582. The number of fused-ring (bicyclic) bond motifs is 1. The number of aliphatic hydroxyl groups excluding tert-OH is 1. The molecule has 0 aliphatic heterocycles. The van der Waals surface area contributed by atoms with Gasteiger partial charge in [-0.1, -0.05) is 0 Å². The number of benzene rings is 1. The molecule has 141 valence electrons. The third kappa shape index (κ3) is 3.79. The van der Waals surface area contributed by atoms with Crippen LogP contribution in [0.25, 0.3) is 6.08 Å². The van der Waals surface area contributed by atoms with Gasteiger partial charge in [0.25, 0.3) is 0 Å². The van der Waals surface area contributed by atoms with Crippen LogP contribution in [-0.4, -0.2) is 31.0 Å². The Balaban J connectivity index is 2.73. The molecule has 7 heteroatoms. The molecule has 0 amide bonds. The number of halogens is 2. The van der Waals surface area contributed by atoms with Crippen LogP contribution >= 0.6 is 18.6 Å². The normalized spacial score (nSPS) is 21.7. The molecule has 1 aliphatic rings. The van der Waals surface area contributed by atoms with Crippen LogP contribution in [0.5, 0.6) is 0 Å². The molecule has 2 rings (SSSR count). The molecule has 1 aromatic carbocycles. The number of allylic oxidation sites excluding steroid dienone is 1. The summed E-state index contributed by atoms with van der Waals surface area (Å²) in [5, 5.41) is 9.89. The molecule has 0 bridgehead atoms. The van der Waals surface area contributed by atoms with E-state index in [1.165, 1.54) is 11.1 Å². The minimum atomic E-state index is -4.29.